The van der Waals surface area contributed by atoms with Crippen molar-refractivity contribution in [3.63, 3.8) is 0 Å². The first kappa shape index (κ1) is 15.7. The molecule has 0 spiro atoms. The lowest BCUT2D eigenvalue weighted by Crippen LogP contribution is -2.06. The van der Waals surface area contributed by atoms with Gasteiger partial charge in [0.2, 0.25) is 0 Å². The first-order chi connectivity index (χ1) is 10.4. The molecule has 0 aromatic heterocycles. The van der Waals surface area contributed by atoms with Crippen molar-refractivity contribution in [2.75, 3.05) is 6.26 Å². The fraction of sp³-hybridized carbons (Fsp3) is 0.125. The lowest BCUT2D eigenvalue weighted by Gasteiger charge is -2.06. The molecule has 0 bridgehead atoms. The van der Waals surface area contributed by atoms with Crippen LogP contribution in [0.5, 0.6) is 0 Å². The van der Waals surface area contributed by atoms with Crippen LogP contribution in [0, 0.1) is 11.3 Å². The summed E-state index contributed by atoms with van der Waals surface area (Å²) >= 11 is 0. The Morgan fingerprint density at radius 3 is 2.18 bits per heavy atom. The van der Waals surface area contributed by atoms with Crippen LogP contribution in [-0.2, 0) is 21.2 Å². The second-order valence-corrected chi connectivity index (χ2v) is 6.70. The molecule has 0 aliphatic rings. The van der Waals surface area contributed by atoms with E-state index in [0.717, 1.165) is 11.8 Å². The van der Waals surface area contributed by atoms with E-state index in [-0.39, 0.29) is 17.1 Å². The van der Waals surface area contributed by atoms with Crippen molar-refractivity contribution in [1.82, 2.24) is 0 Å². The number of hydrogen-bond acceptors (Lipinski definition) is 5. The highest BCUT2D eigenvalue weighted by Crippen LogP contribution is 2.12. The van der Waals surface area contributed by atoms with Gasteiger partial charge in [0.1, 0.15) is 6.61 Å². The maximum atomic E-state index is 11.9. The second-order valence-electron chi connectivity index (χ2n) is 4.68. The Kier molecular flexibility index (Phi) is 4.59. The molecule has 0 radical (unpaired) electrons. The van der Waals surface area contributed by atoms with Crippen molar-refractivity contribution < 1.29 is 17.9 Å². The highest BCUT2D eigenvalue weighted by Gasteiger charge is 2.11. The number of nitrogens with zero attached hydrogens (tertiary/aromatic N) is 1. The maximum Gasteiger partial charge on any atom is 0.338 e. The first-order valence-corrected chi connectivity index (χ1v) is 8.25. The van der Waals surface area contributed by atoms with Gasteiger partial charge >= 0.3 is 5.97 Å². The molecule has 0 heterocycles. The molecule has 0 aliphatic heterocycles. The molecular weight excluding hydrogens is 302 g/mol. The van der Waals surface area contributed by atoms with Gasteiger partial charge in [-0.15, -0.1) is 0 Å². The van der Waals surface area contributed by atoms with Crippen LogP contribution in [-0.4, -0.2) is 20.6 Å². The number of benzene rings is 2. The summed E-state index contributed by atoms with van der Waals surface area (Å²) < 4.78 is 27.8. The zero-order valence-electron chi connectivity index (χ0n) is 11.8. The molecular formula is C16H13NO4S. The van der Waals surface area contributed by atoms with Crippen LogP contribution in [0.3, 0.4) is 0 Å². The predicted octanol–water partition coefficient (Wildman–Crippen LogP) is 2.32. The lowest BCUT2D eigenvalue weighted by molar-refractivity contribution is 0.0472. The molecule has 22 heavy (non-hydrogen) atoms. The zero-order valence-corrected chi connectivity index (χ0v) is 12.6. The summed E-state index contributed by atoms with van der Waals surface area (Å²) in [5, 5.41) is 8.70. The monoisotopic (exact) mass is 315 g/mol. The SMILES string of the molecule is CS(=O)(=O)c1ccc(C(=O)OCc2ccc(C#N)cc2)cc1. The van der Waals surface area contributed by atoms with Crippen molar-refractivity contribution in [2.45, 2.75) is 11.5 Å². The molecule has 0 atom stereocenters. The topological polar surface area (TPSA) is 84.2 Å². The van der Waals surface area contributed by atoms with Crippen LogP contribution in [0.1, 0.15) is 21.5 Å². The third-order valence-electron chi connectivity index (χ3n) is 2.97. The lowest BCUT2D eigenvalue weighted by atomic mass is 10.1. The summed E-state index contributed by atoms with van der Waals surface area (Å²) in [7, 11) is -3.29. The average Bonchev–Trinajstić information content (AvgIpc) is 2.52. The highest BCUT2D eigenvalue weighted by atomic mass is 32.2. The van der Waals surface area contributed by atoms with E-state index in [1.165, 1.54) is 24.3 Å². The number of carbonyl (C=O) groups excluding carboxylic acids is 1. The Labute approximate surface area is 128 Å². The van der Waals surface area contributed by atoms with E-state index in [9.17, 15) is 13.2 Å². The minimum Gasteiger partial charge on any atom is -0.457 e. The van der Waals surface area contributed by atoms with Crippen molar-refractivity contribution in [3.8, 4) is 6.07 Å². The number of carbonyl (C=O) groups is 1. The number of hydrogen-bond donors (Lipinski definition) is 0. The van der Waals surface area contributed by atoms with Gasteiger partial charge in [-0.25, -0.2) is 13.2 Å². The molecule has 0 fully saturated rings. The highest BCUT2D eigenvalue weighted by molar-refractivity contribution is 7.90. The number of sulfone groups is 1. The Bertz CT molecular complexity index is 816. The number of esters is 1. The minimum absolute atomic E-state index is 0.0817. The summed E-state index contributed by atoms with van der Waals surface area (Å²) in [5.74, 6) is -0.538. The summed E-state index contributed by atoms with van der Waals surface area (Å²) in [6, 6.07) is 14.3. The smallest absolute Gasteiger partial charge is 0.338 e. The quantitative estimate of drug-likeness (QED) is 0.808. The van der Waals surface area contributed by atoms with E-state index in [0.29, 0.717) is 5.56 Å². The van der Waals surface area contributed by atoms with Gasteiger partial charge < -0.3 is 4.74 Å². The number of nitriles is 1. The molecule has 0 N–H and O–H groups in total. The fourth-order valence-corrected chi connectivity index (χ4v) is 2.38. The fourth-order valence-electron chi connectivity index (χ4n) is 1.75. The van der Waals surface area contributed by atoms with Gasteiger partial charge in [-0.2, -0.15) is 5.26 Å². The Balaban J connectivity index is 2.01. The summed E-state index contributed by atoms with van der Waals surface area (Å²) in [4.78, 5) is 12.0. The van der Waals surface area contributed by atoms with Gasteiger partial charge in [-0.3, -0.25) is 0 Å². The third kappa shape index (κ3) is 3.93. The van der Waals surface area contributed by atoms with Crippen LogP contribution in [0.4, 0.5) is 0 Å². The van der Waals surface area contributed by atoms with E-state index in [1.54, 1.807) is 24.3 Å². The van der Waals surface area contributed by atoms with E-state index in [2.05, 4.69) is 0 Å². The van der Waals surface area contributed by atoms with Crippen molar-refractivity contribution in [2.24, 2.45) is 0 Å². The maximum absolute atomic E-state index is 11.9. The van der Waals surface area contributed by atoms with Gasteiger partial charge in [0.25, 0.3) is 0 Å². The summed E-state index contributed by atoms with van der Waals surface area (Å²) in [6.07, 6.45) is 1.10. The molecule has 2 rings (SSSR count). The van der Waals surface area contributed by atoms with Gasteiger partial charge in [0, 0.05) is 6.26 Å². The van der Waals surface area contributed by atoms with Gasteiger partial charge in [-0.1, -0.05) is 12.1 Å². The van der Waals surface area contributed by atoms with E-state index < -0.39 is 15.8 Å². The van der Waals surface area contributed by atoms with Crippen LogP contribution >= 0.6 is 0 Å². The standard InChI is InChI=1S/C16H13NO4S/c1-22(19,20)15-8-6-14(7-9-15)16(18)21-11-13-4-2-12(10-17)3-5-13/h2-9H,11H2,1H3. The van der Waals surface area contributed by atoms with Gasteiger partial charge in [-0.05, 0) is 42.0 Å². The average molecular weight is 315 g/mol. The van der Waals surface area contributed by atoms with E-state index >= 15 is 0 Å². The molecule has 0 unspecified atom stereocenters. The molecule has 112 valence electrons. The minimum atomic E-state index is -3.29. The number of ether oxygens (including phenoxy) is 1. The third-order valence-corrected chi connectivity index (χ3v) is 4.10. The Hall–Kier alpha value is -2.65. The first-order valence-electron chi connectivity index (χ1n) is 6.36. The summed E-state index contributed by atoms with van der Waals surface area (Å²) in [6.45, 7) is 0.0817. The van der Waals surface area contributed by atoms with Crippen LogP contribution < -0.4 is 0 Å². The molecule has 0 saturated carbocycles. The van der Waals surface area contributed by atoms with Crippen LogP contribution in [0.25, 0.3) is 0 Å². The van der Waals surface area contributed by atoms with Crippen molar-refractivity contribution >= 4 is 15.8 Å². The van der Waals surface area contributed by atoms with Crippen LogP contribution in [0.15, 0.2) is 53.4 Å². The van der Waals surface area contributed by atoms with Crippen molar-refractivity contribution in [3.05, 3.63) is 65.2 Å². The largest absolute Gasteiger partial charge is 0.457 e. The van der Waals surface area contributed by atoms with Crippen LogP contribution in [0.2, 0.25) is 0 Å². The Morgan fingerprint density at radius 1 is 1.09 bits per heavy atom. The summed E-state index contributed by atoms with van der Waals surface area (Å²) in [5.41, 5.74) is 1.58. The second kappa shape index (κ2) is 6.41. The van der Waals surface area contributed by atoms with Gasteiger partial charge in [0.05, 0.1) is 22.1 Å². The molecule has 2 aromatic rings. The zero-order chi connectivity index (χ0) is 16.2. The van der Waals surface area contributed by atoms with Gasteiger partial charge in [0.15, 0.2) is 9.84 Å². The molecule has 2 aromatic carbocycles. The number of rotatable bonds is 4. The Morgan fingerprint density at radius 2 is 1.68 bits per heavy atom. The molecule has 0 amide bonds. The molecule has 0 saturated heterocycles. The van der Waals surface area contributed by atoms with E-state index in [4.69, 9.17) is 10.00 Å². The van der Waals surface area contributed by atoms with Crippen molar-refractivity contribution in [1.29, 1.82) is 5.26 Å². The molecule has 5 nitrogen and oxygen atoms in total. The normalized spacial score (nSPS) is 10.7. The molecule has 0 aliphatic carbocycles. The predicted molar refractivity (Wildman–Crippen MR) is 79.8 cm³/mol. The van der Waals surface area contributed by atoms with E-state index in [1.807, 2.05) is 6.07 Å². The molecule has 6 heteroatoms.